The van der Waals surface area contributed by atoms with E-state index >= 15 is 0 Å². The molecule has 0 aromatic heterocycles. The zero-order valence-corrected chi connectivity index (χ0v) is 30.8. The first-order valence-electron chi connectivity index (χ1n) is 18.5. The lowest BCUT2D eigenvalue weighted by molar-refractivity contribution is -0.160. The van der Waals surface area contributed by atoms with Crippen molar-refractivity contribution in [2.24, 2.45) is 11.8 Å². The van der Waals surface area contributed by atoms with Crippen LogP contribution in [0.1, 0.15) is 136 Å². The molecule has 0 aliphatic heterocycles. The van der Waals surface area contributed by atoms with E-state index in [9.17, 15) is 29.5 Å². The first-order valence-corrected chi connectivity index (χ1v) is 20.1. The van der Waals surface area contributed by atoms with Crippen molar-refractivity contribution in [1.29, 1.82) is 0 Å². The van der Waals surface area contributed by atoms with Crippen LogP contribution in [0.2, 0.25) is 0 Å². The SMILES string of the molecule is CCCCCC/C=C\CCCCCCCC(=O)O[C@H](COC(=O)C/C=C\C[C@H]1[C@@H](/C=C/[C@H](O)CCCCC)[C@H](O)C[C@@H]1O)COP(=O)(O)O. The average molecular weight is 717 g/mol. The molecule has 11 nitrogen and oxygen atoms in total. The molecule has 1 fully saturated rings. The predicted octanol–water partition coefficient (Wildman–Crippen LogP) is 7.00. The molecule has 49 heavy (non-hydrogen) atoms. The Labute approximate surface area is 294 Å². The van der Waals surface area contributed by atoms with Crippen LogP contribution in [-0.4, -0.2) is 74.7 Å². The first kappa shape index (κ1) is 45.2. The number of aliphatic hydroxyl groups excluding tert-OH is 3. The molecule has 0 amide bonds. The van der Waals surface area contributed by atoms with Gasteiger partial charge in [-0.1, -0.05) is 108 Å². The molecule has 0 aromatic rings. The van der Waals surface area contributed by atoms with E-state index in [-0.39, 0.29) is 31.1 Å². The van der Waals surface area contributed by atoms with Crippen LogP contribution in [0, 0.1) is 11.8 Å². The van der Waals surface area contributed by atoms with Crippen molar-refractivity contribution in [3.8, 4) is 0 Å². The number of phosphoric ester groups is 1. The molecule has 6 atom stereocenters. The number of unbranched alkanes of at least 4 members (excludes halogenated alkanes) is 11. The van der Waals surface area contributed by atoms with Crippen molar-refractivity contribution in [3.63, 3.8) is 0 Å². The maximum Gasteiger partial charge on any atom is 0.469 e. The van der Waals surface area contributed by atoms with Gasteiger partial charge < -0.3 is 34.6 Å². The van der Waals surface area contributed by atoms with Crippen LogP contribution in [0.4, 0.5) is 0 Å². The monoisotopic (exact) mass is 716 g/mol. The van der Waals surface area contributed by atoms with E-state index in [2.05, 4.69) is 30.5 Å². The van der Waals surface area contributed by atoms with Crippen LogP contribution in [0.5, 0.6) is 0 Å². The lowest BCUT2D eigenvalue weighted by atomic mass is 9.89. The smallest absolute Gasteiger partial charge is 0.461 e. The van der Waals surface area contributed by atoms with Crippen LogP contribution in [0.3, 0.4) is 0 Å². The molecule has 0 bridgehead atoms. The van der Waals surface area contributed by atoms with Crippen LogP contribution >= 0.6 is 7.82 Å². The van der Waals surface area contributed by atoms with Gasteiger partial charge >= 0.3 is 19.8 Å². The largest absolute Gasteiger partial charge is 0.469 e. The molecular formula is C37H65O11P. The molecule has 0 aromatic carbocycles. The Hall–Kier alpha value is -1.85. The van der Waals surface area contributed by atoms with Crippen LogP contribution in [0.25, 0.3) is 0 Å². The number of rotatable bonds is 29. The Morgan fingerprint density at radius 1 is 0.796 bits per heavy atom. The van der Waals surface area contributed by atoms with E-state index in [0.29, 0.717) is 19.3 Å². The van der Waals surface area contributed by atoms with Crippen molar-refractivity contribution in [3.05, 3.63) is 36.5 Å². The summed E-state index contributed by atoms with van der Waals surface area (Å²) in [6, 6.07) is 0. The number of carbonyl (C=O) groups is 2. The Balaban J connectivity index is 2.42. The van der Waals surface area contributed by atoms with E-state index in [4.69, 9.17) is 19.3 Å². The lowest BCUT2D eigenvalue weighted by Crippen LogP contribution is -2.29. The van der Waals surface area contributed by atoms with E-state index in [1.54, 1.807) is 24.3 Å². The Morgan fingerprint density at radius 2 is 1.43 bits per heavy atom. The van der Waals surface area contributed by atoms with Crippen molar-refractivity contribution >= 4 is 19.8 Å². The number of hydrogen-bond acceptors (Lipinski definition) is 9. The fourth-order valence-electron chi connectivity index (χ4n) is 5.87. The minimum Gasteiger partial charge on any atom is -0.461 e. The number of carbonyl (C=O) groups excluding carboxylic acids is 2. The Bertz CT molecular complexity index is 1010. The van der Waals surface area contributed by atoms with Gasteiger partial charge in [-0.3, -0.25) is 14.1 Å². The standard InChI is InChI=1S/C37H65O11P/c1-3-5-7-8-9-10-11-12-13-14-15-16-18-24-37(42)48-31(29-47-49(43,44)45)28-46-36(41)23-20-19-22-32-33(35(40)27-34(32)39)26-25-30(38)21-17-6-4-2/h10-11,19-20,25-26,30-35,38-40H,3-9,12-18,21-24,27-29H2,1-2H3,(H2,43,44,45)/b11-10-,20-19-,26-25+/t30-,31-,32+,33-,34+,35-/m1/s1. The molecule has 12 heteroatoms. The second-order valence-corrected chi connectivity index (χ2v) is 14.4. The molecule has 0 radical (unpaired) electrons. The van der Waals surface area contributed by atoms with Gasteiger partial charge in [0.1, 0.15) is 6.61 Å². The second kappa shape index (κ2) is 27.8. The fraction of sp³-hybridized carbons (Fsp3) is 0.784. The maximum atomic E-state index is 12.4. The fourth-order valence-corrected chi connectivity index (χ4v) is 6.23. The number of ether oxygens (including phenoxy) is 2. The van der Waals surface area contributed by atoms with Crippen LogP contribution in [0.15, 0.2) is 36.5 Å². The summed E-state index contributed by atoms with van der Waals surface area (Å²) in [5.74, 6) is -1.80. The van der Waals surface area contributed by atoms with E-state index in [0.717, 1.165) is 57.8 Å². The summed E-state index contributed by atoms with van der Waals surface area (Å²) >= 11 is 0. The predicted molar refractivity (Wildman–Crippen MR) is 190 cm³/mol. The van der Waals surface area contributed by atoms with Gasteiger partial charge in [0.15, 0.2) is 6.10 Å². The molecule has 5 N–H and O–H groups in total. The highest BCUT2D eigenvalue weighted by Crippen LogP contribution is 2.37. The number of phosphoric acid groups is 1. The van der Waals surface area contributed by atoms with E-state index in [1.807, 2.05) is 0 Å². The summed E-state index contributed by atoms with van der Waals surface area (Å²) in [7, 11) is -4.83. The van der Waals surface area contributed by atoms with E-state index < -0.39 is 57.4 Å². The molecular weight excluding hydrogens is 651 g/mol. The zero-order chi connectivity index (χ0) is 36.3. The molecule has 284 valence electrons. The average Bonchev–Trinajstić information content (AvgIpc) is 3.32. The minimum atomic E-state index is -4.83. The van der Waals surface area contributed by atoms with Gasteiger partial charge in [-0.2, -0.15) is 0 Å². The molecule has 1 rings (SSSR count). The summed E-state index contributed by atoms with van der Waals surface area (Å²) in [5, 5.41) is 31.1. The van der Waals surface area contributed by atoms with Crippen molar-refractivity contribution < 1.29 is 53.3 Å². The first-order chi connectivity index (χ1) is 23.5. The maximum absolute atomic E-state index is 12.4. The molecule has 0 unspecified atom stereocenters. The van der Waals surface area contributed by atoms with Gasteiger partial charge in [-0.05, 0) is 50.9 Å². The molecule has 1 saturated carbocycles. The molecule has 1 aliphatic rings. The van der Waals surface area contributed by atoms with Crippen molar-refractivity contribution in [2.45, 2.75) is 160 Å². The Kier molecular flexibility index (Phi) is 25.6. The van der Waals surface area contributed by atoms with Gasteiger partial charge in [-0.15, -0.1) is 0 Å². The summed E-state index contributed by atoms with van der Waals surface area (Å²) in [6.45, 7) is 3.25. The topological polar surface area (TPSA) is 180 Å². The van der Waals surface area contributed by atoms with Gasteiger partial charge in [0.25, 0.3) is 0 Å². The number of allylic oxidation sites excluding steroid dienone is 3. The third-order valence-electron chi connectivity index (χ3n) is 8.73. The third-order valence-corrected chi connectivity index (χ3v) is 9.22. The van der Waals surface area contributed by atoms with Gasteiger partial charge in [0, 0.05) is 18.8 Å². The summed E-state index contributed by atoms with van der Waals surface area (Å²) in [4.78, 5) is 42.9. The summed E-state index contributed by atoms with van der Waals surface area (Å²) in [5.41, 5.74) is 0. The van der Waals surface area contributed by atoms with Gasteiger partial charge in [0.2, 0.25) is 0 Å². The quantitative estimate of drug-likeness (QED) is 0.0233. The summed E-state index contributed by atoms with van der Waals surface area (Å²) in [6.07, 6.45) is 24.3. The van der Waals surface area contributed by atoms with Crippen molar-refractivity contribution in [2.75, 3.05) is 13.2 Å². The highest BCUT2D eigenvalue weighted by Gasteiger charge is 2.39. The molecule has 0 spiro atoms. The number of hydrogen-bond donors (Lipinski definition) is 5. The van der Waals surface area contributed by atoms with Gasteiger partial charge in [0.05, 0.1) is 31.3 Å². The number of aliphatic hydroxyl groups is 3. The molecule has 1 aliphatic carbocycles. The molecule has 0 heterocycles. The van der Waals surface area contributed by atoms with E-state index in [1.165, 1.54) is 25.7 Å². The summed E-state index contributed by atoms with van der Waals surface area (Å²) < 4.78 is 26.2. The van der Waals surface area contributed by atoms with Crippen molar-refractivity contribution in [1.82, 2.24) is 0 Å². The second-order valence-electron chi connectivity index (χ2n) is 13.2. The van der Waals surface area contributed by atoms with Crippen LogP contribution in [-0.2, 0) is 28.2 Å². The minimum absolute atomic E-state index is 0.114. The number of esters is 2. The highest BCUT2D eigenvalue weighted by molar-refractivity contribution is 7.46. The van der Waals surface area contributed by atoms with Gasteiger partial charge in [-0.25, -0.2) is 4.57 Å². The highest BCUT2D eigenvalue weighted by atomic mass is 31.2. The molecule has 0 saturated heterocycles. The van der Waals surface area contributed by atoms with Crippen LogP contribution < -0.4 is 0 Å². The Morgan fingerprint density at radius 3 is 2.10 bits per heavy atom. The lowest BCUT2D eigenvalue weighted by Gasteiger charge is -2.19. The zero-order valence-electron chi connectivity index (χ0n) is 29.9. The third kappa shape index (κ3) is 24.1. The normalized spacial score (nSPS) is 21.2.